The third-order valence-electron chi connectivity index (χ3n) is 3.22. The van der Waals surface area contributed by atoms with Gasteiger partial charge in [-0.05, 0) is 31.2 Å². The number of piperazine rings is 1. The molecule has 1 aromatic carbocycles. The van der Waals surface area contributed by atoms with Crippen LogP contribution in [0.2, 0.25) is 0 Å². The smallest absolute Gasteiger partial charge is 0.223 e. The van der Waals surface area contributed by atoms with E-state index >= 15 is 0 Å². The summed E-state index contributed by atoms with van der Waals surface area (Å²) in [4.78, 5) is 15.3. The van der Waals surface area contributed by atoms with E-state index in [1.54, 1.807) is 11.8 Å². The Hall–Kier alpha value is -0.520. The second kappa shape index (κ2) is 7.31. The third-order valence-corrected chi connectivity index (χ3v) is 4.76. The fourth-order valence-electron chi connectivity index (χ4n) is 2.14. The Bertz CT molecular complexity index is 424. The Morgan fingerprint density at radius 3 is 2.89 bits per heavy atom. The minimum absolute atomic E-state index is 0.276. The molecule has 1 aromatic rings. The average molecular weight is 343 g/mol. The van der Waals surface area contributed by atoms with Gasteiger partial charge in [-0.25, -0.2) is 0 Å². The van der Waals surface area contributed by atoms with Crippen molar-refractivity contribution in [3.05, 3.63) is 28.7 Å². The number of carbonyl (C=O) groups excluding carboxylic acids is 1. The van der Waals surface area contributed by atoms with Crippen LogP contribution in [0.3, 0.4) is 0 Å². The van der Waals surface area contributed by atoms with Gasteiger partial charge in [0.2, 0.25) is 5.91 Å². The van der Waals surface area contributed by atoms with E-state index in [0.29, 0.717) is 12.5 Å². The lowest BCUT2D eigenvalue weighted by atomic mass is 10.2. The number of rotatable bonds is 4. The van der Waals surface area contributed by atoms with Crippen LogP contribution in [0.25, 0.3) is 0 Å². The van der Waals surface area contributed by atoms with Gasteiger partial charge in [0.1, 0.15) is 0 Å². The maximum absolute atomic E-state index is 12.1. The van der Waals surface area contributed by atoms with Crippen LogP contribution in [0.5, 0.6) is 0 Å². The highest BCUT2D eigenvalue weighted by molar-refractivity contribution is 9.10. The summed E-state index contributed by atoms with van der Waals surface area (Å²) in [6.07, 6.45) is 0.616. The second-order valence-electron chi connectivity index (χ2n) is 4.69. The van der Waals surface area contributed by atoms with Crippen molar-refractivity contribution in [2.75, 3.05) is 25.4 Å². The van der Waals surface area contributed by atoms with Crippen LogP contribution < -0.4 is 5.32 Å². The molecular formula is C14H19BrN2OS. The lowest BCUT2D eigenvalue weighted by molar-refractivity contribution is -0.133. The van der Waals surface area contributed by atoms with E-state index in [-0.39, 0.29) is 5.91 Å². The maximum Gasteiger partial charge on any atom is 0.223 e. The average Bonchev–Trinajstić information content (AvgIpc) is 2.41. The van der Waals surface area contributed by atoms with Gasteiger partial charge >= 0.3 is 0 Å². The second-order valence-corrected chi connectivity index (χ2v) is 6.78. The molecule has 0 aliphatic carbocycles. The first-order chi connectivity index (χ1) is 9.16. The first-order valence-corrected chi connectivity index (χ1v) is 8.33. The number of hydrogen-bond donors (Lipinski definition) is 1. The predicted octanol–water partition coefficient (Wildman–Crippen LogP) is 2.75. The van der Waals surface area contributed by atoms with Crippen LogP contribution in [-0.4, -0.2) is 42.2 Å². The lowest BCUT2D eigenvalue weighted by Crippen LogP contribution is -2.52. The topological polar surface area (TPSA) is 32.3 Å². The molecule has 1 amide bonds. The van der Waals surface area contributed by atoms with Crippen LogP contribution >= 0.6 is 27.7 Å². The molecule has 1 atom stereocenters. The van der Waals surface area contributed by atoms with Crippen LogP contribution in [0.1, 0.15) is 13.3 Å². The molecule has 5 heteroatoms. The zero-order valence-electron chi connectivity index (χ0n) is 11.1. The van der Waals surface area contributed by atoms with Gasteiger partial charge in [-0.3, -0.25) is 4.79 Å². The van der Waals surface area contributed by atoms with Crippen molar-refractivity contribution in [3.8, 4) is 0 Å². The van der Waals surface area contributed by atoms with Crippen molar-refractivity contribution in [1.82, 2.24) is 10.2 Å². The normalized spacial score (nSPS) is 19.5. The number of thioether (sulfide) groups is 1. The van der Waals surface area contributed by atoms with Gasteiger partial charge in [0.05, 0.1) is 0 Å². The molecular weight excluding hydrogens is 324 g/mol. The SMILES string of the molecule is CC1CNCCN1C(=O)CCSc1ccc(Br)cc1. The van der Waals surface area contributed by atoms with Crippen LogP contribution in [-0.2, 0) is 4.79 Å². The first-order valence-electron chi connectivity index (χ1n) is 6.55. The molecule has 1 heterocycles. The summed E-state index contributed by atoms with van der Waals surface area (Å²) in [5, 5.41) is 3.30. The first kappa shape index (κ1) is 14.9. The lowest BCUT2D eigenvalue weighted by Gasteiger charge is -2.34. The maximum atomic E-state index is 12.1. The summed E-state index contributed by atoms with van der Waals surface area (Å²) in [5.41, 5.74) is 0. The minimum atomic E-state index is 0.276. The minimum Gasteiger partial charge on any atom is -0.337 e. The Morgan fingerprint density at radius 1 is 1.47 bits per heavy atom. The van der Waals surface area contributed by atoms with Gasteiger partial charge in [-0.2, -0.15) is 0 Å². The van der Waals surface area contributed by atoms with E-state index in [2.05, 4.69) is 40.3 Å². The van der Waals surface area contributed by atoms with Crippen LogP contribution in [0.4, 0.5) is 0 Å². The van der Waals surface area contributed by atoms with Crippen molar-refractivity contribution >= 4 is 33.6 Å². The molecule has 0 saturated carbocycles. The van der Waals surface area contributed by atoms with Crippen molar-refractivity contribution in [1.29, 1.82) is 0 Å². The molecule has 1 aliphatic heterocycles. The standard InChI is InChI=1S/C14H19BrN2OS/c1-11-10-16-7-8-17(11)14(18)6-9-19-13-4-2-12(15)3-5-13/h2-5,11,16H,6-10H2,1H3. The number of nitrogens with one attached hydrogen (secondary N) is 1. The molecule has 0 radical (unpaired) electrons. The van der Waals surface area contributed by atoms with Gasteiger partial charge in [0.15, 0.2) is 0 Å². The summed E-state index contributed by atoms with van der Waals surface area (Å²) in [6.45, 7) is 4.76. The zero-order chi connectivity index (χ0) is 13.7. The van der Waals surface area contributed by atoms with Gasteiger partial charge in [-0.1, -0.05) is 15.9 Å². The number of amides is 1. The molecule has 0 bridgehead atoms. The number of nitrogens with zero attached hydrogens (tertiary/aromatic N) is 1. The van der Waals surface area contributed by atoms with E-state index < -0.39 is 0 Å². The summed E-state index contributed by atoms with van der Waals surface area (Å²) in [6, 6.07) is 8.53. The Kier molecular flexibility index (Phi) is 5.73. The summed E-state index contributed by atoms with van der Waals surface area (Å²) < 4.78 is 1.09. The Labute approximate surface area is 127 Å². The molecule has 19 heavy (non-hydrogen) atoms. The molecule has 1 fully saturated rings. The van der Waals surface area contributed by atoms with Crippen molar-refractivity contribution in [3.63, 3.8) is 0 Å². The van der Waals surface area contributed by atoms with Gasteiger partial charge in [-0.15, -0.1) is 11.8 Å². The fraction of sp³-hybridized carbons (Fsp3) is 0.500. The highest BCUT2D eigenvalue weighted by Gasteiger charge is 2.22. The van der Waals surface area contributed by atoms with E-state index in [9.17, 15) is 4.79 Å². The van der Waals surface area contributed by atoms with Gasteiger partial charge in [0, 0.05) is 47.2 Å². The molecule has 1 N–H and O–H groups in total. The molecule has 1 aliphatic rings. The zero-order valence-corrected chi connectivity index (χ0v) is 13.5. The third kappa shape index (κ3) is 4.51. The van der Waals surface area contributed by atoms with E-state index in [1.165, 1.54) is 4.90 Å². The Balaban J connectivity index is 1.75. The molecule has 0 spiro atoms. The van der Waals surface area contributed by atoms with Crippen molar-refractivity contribution in [2.45, 2.75) is 24.3 Å². The summed E-state index contributed by atoms with van der Waals surface area (Å²) in [7, 11) is 0. The molecule has 1 saturated heterocycles. The van der Waals surface area contributed by atoms with Crippen molar-refractivity contribution in [2.24, 2.45) is 0 Å². The number of halogens is 1. The van der Waals surface area contributed by atoms with E-state index in [1.807, 2.05) is 17.0 Å². The monoisotopic (exact) mass is 342 g/mol. The van der Waals surface area contributed by atoms with E-state index in [0.717, 1.165) is 29.9 Å². The molecule has 3 nitrogen and oxygen atoms in total. The molecule has 0 aromatic heterocycles. The predicted molar refractivity (Wildman–Crippen MR) is 83.5 cm³/mol. The molecule has 2 rings (SSSR count). The Morgan fingerprint density at radius 2 is 2.21 bits per heavy atom. The van der Waals surface area contributed by atoms with E-state index in [4.69, 9.17) is 0 Å². The molecule has 104 valence electrons. The number of carbonyl (C=O) groups is 1. The van der Waals surface area contributed by atoms with Gasteiger partial charge < -0.3 is 10.2 Å². The van der Waals surface area contributed by atoms with Crippen molar-refractivity contribution < 1.29 is 4.79 Å². The quantitative estimate of drug-likeness (QED) is 0.854. The molecule has 1 unspecified atom stereocenters. The van der Waals surface area contributed by atoms with Crippen LogP contribution in [0, 0.1) is 0 Å². The largest absolute Gasteiger partial charge is 0.337 e. The number of benzene rings is 1. The van der Waals surface area contributed by atoms with Gasteiger partial charge in [0.25, 0.3) is 0 Å². The highest BCUT2D eigenvalue weighted by atomic mass is 79.9. The number of hydrogen-bond acceptors (Lipinski definition) is 3. The highest BCUT2D eigenvalue weighted by Crippen LogP contribution is 2.21. The van der Waals surface area contributed by atoms with Crippen LogP contribution in [0.15, 0.2) is 33.6 Å². The summed E-state index contributed by atoms with van der Waals surface area (Å²) in [5.74, 6) is 1.12. The summed E-state index contributed by atoms with van der Waals surface area (Å²) >= 11 is 5.16. The fourth-order valence-corrected chi connectivity index (χ4v) is 3.25.